The molecule has 0 saturated heterocycles. The zero-order valence-electron chi connectivity index (χ0n) is 15.9. The highest BCUT2D eigenvalue weighted by Gasteiger charge is 2.29. The van der Waals surface area contributed by atoms with Gasteiger partial charge in [-0.2, -0.15) is 0 Å². The SMILES string of the molecule is CCCn1c(N)c(-c2csc(-c3cccc(NC(=O)C4CC4)c3)n2)c(=O)[nH]c1=O. The van der Waals surface area contributed by atoms with E-state index < -0.39 is 11.2 Å². The Labute approximate surface area is 170 Å². The molecule has 4 rings (SSSR count). The van der Waals surface area contributed by atoms with Gasteiger partial charge in [0.1, 0.15) is 16.4 Å². The summed E-state index contributed by atoms with van der Waals surface area (Å²) in [6.07, 6.45) is 2.59. The maximum Gasteiger partial charge on any atom is 0.329 e. The maximum atomic E-state index is 12.4. The van der Waals surface area contributed by atoms with Crippen LogP contribution in [0.3, 0.4) is 0 Å². The molecule has 1 aliphatic carbocycles. The van der Waals surface area contributed by atoms with Crippen LogP contribution in [0.2, 0.25) is 0 Å². The van der Waals surface area contributed by atoms with Crippen molar-refractivity contribution in [3.63, 3.8) is 0 Å². The number of nitrogens with two attached hydrogens (primary N) is 1. The quantitative estimate of drug-likeness (QED) is 0.575. The van der Waals surface area contributed by atoms with Crippen LogP contribution in [-0.2, 0) is 11.3 Å². The first-order valence-electron chi connectivity index (χ1n) is 9.47. The van der Waals surface area contributed by atoms with Gasteiger partial charge >= 0.3 is 5.69 Å². The van der Waals surface area contributed by atoms with Crippen molar-refractivity contribution >= 4 is 28.7 Å². The summed E-state index contributed by atoms with van der Waals surface area (Å²) in [6.45, 7) is 2.33. The molecule has 0 bridgehead atoms. The van der Waals surface area contributed by atoms with Gasteiger partial charge in [0.25, 0.3) is 5.56 Å². The standard InChI is InChI=1S/C20H21N5O3S/c1-2-8-25-16(21)15(18(27)24-20(25)28)14-10-29-19(23-14)12-4-3-5-13(9-12)22-17(26)11-6-7-11/h3-5,9-11H,2,6-8,21H2,1H3,(H,22,26)(H,24,27,28). The average molecular weight is 411 g/mol. The molecule has 1 amide bonds. The minimum absolute atomic E-state index is 0.0412. The van der Waals surface area contributed by atoms with Gasteiger partial charge in [0.15, 0.2) is 0 Å². The highest BCUT2D eigenvalue weighted by atomic mass is 32.1. The molecule has 0 spiro atoms. The molecule has 1 saturated carbocycles. The third-order valence-corrected chi connectivity index (χ3v) is 5.66. The second kappa shape index (κ2) is 7.67. The van der Waals surface area contributed by atoms with E-state index in [0.717, 1.165) is 18.4 Å². The number of hydrogen-bond donors (Lipinski definition) is 3. The number of rotatable bonds is 6. The van der Waals surface area contributed by atoms with Crippen molar-refractivity contribution in [3.8, 4) is 21.8 Å². The second-order valence-electron chi connectivity index (χ2n) is 7.05. The number of carbonyl (C=O) groups excluding carboxylic acids is 1. The predicted molar refractivity (Wildman–Crippen MR) is 114 cm³/mol. The van der Waals surface area contributed by atoms with Gasteiger partial charge in [-0.05, 0) is 31.4 Å². The average Bonchev–Trinajstić information content (AvgIpc) is 3.44. The number of carbonyl (C=O) groups is 1. The molecule has 150 valence electrons. The van der Waals surface area contributed by atoms with E-state index in [1.165, 1.54) is 15.9 Å². The van der Waals surface area contributed by atoms with E-state index in [9.17, 15) is 14.4 Å². The topological polar surface area (TPSA) is 123 Å². The van der Waals surface area contributed by atoms with Crippen LogP contribution in [-0.4, -0.2) is 20.4 Å². The van der Waals surface area contributed by atoms with E-state index >= 15 is 0 Å². The van der Waals surface area contributed by atoms with Crippen LogP contribution in [0.5, 0.6) is 0 Å². The Morgan fingerprint density at radius 1 is 1.38 bits per heavy atom. The van der Waals surface area contributed by atoms with Crippen LogP contribution in [0, 0.1) is 5.92 Å². The fourth-order valence-corrected chi connectivity index (χ4v) is 3.93. The van der Waals surface area contributed by atoms with E-state index in [-0.39, 0.29) is 23.2 Å². The first-order chi connectivity index (χ1) is 14.0. The van der Waals surface area contributed by atoms with Crippen molar-refractivity contribution in [2.24, 2.45) is 5.92 Å². The van der Waals surface area contributed by atoms with Crippen LogP contribution in [0.4, 0.5) is 11.5 Å². The number of thiazole rings is 1. The molecule has 1 aromatic carbocycles. The van der Waals surface area contributed by atoms with Crippen molar-refractivity contribution in [3.05, 3.63) is 50.5 Å². The highest BCUT2D eigenvalue weighted by molar-refractivity contribution is 7.13. The Morgan fingerprint density at radius 3 is 2.90 bits per heavy atom. The number of aromatic amines is 1. The Balaban J connectivity index is 1.67. The number of H-pyrrole nitrogens is 1. The minimum atomic E-state index is -0.554. The van der Waals surface area contributed by atoms with E-state index in [4.69, 9.17) is 5.73 Å². The van der Waals surface area contributed by atoms with Gasteiger partial charge in [0.2, 0.25) is 5.91 Å². The van der Waals surface area contributed by atoms with Gasteiger partial charge in [-0.25, -0.2) is 9.78 Å². The lowest BCUT2D eigenvalue weighted by Gasteiger charge is -2.10. The Hall–Kier alpha value is -3.20. The largest absolute Gasteiger partial charge is 0.384 e. The number of hydrogen-bond acceptors (Lipinski definition) is 6. The van der Waals surface area contributed by atoms with Crippen LogP contribution >= 0.6 is 11.3 Å². The number of amides is 1. The summed E-state index contributed by atoms with van der Waals surface area (Å²) >= 11 is 1.36. The summed E-state index contributed by atoms with van der Waals surface area (Å²) in [5.41, 5.74) is 7.20. The zero-order valence-corrected chi connectivity index (χ0v) is 16.7. The van der Waals surface area contributed by atoms with Crippen LogP contribution in [0.25, 0.3) is 21.8 Å². The smallest absolute Gasteiger partial charge is 0.329 e. The Bertz CT molecular complexity index is 1190. The van der Waals surface area contributed by atoms with Gasteiger partial charge in [-0.15, -0.1) is 11.3 Å². The van der Waals surface area contributed by atoms with Crippen molar-refractivity contribution < 1.29 is 4.79 Å². The molecule has 0 radical (unpaired) electrons. The van der Waals surface area contributed by atoms with Crippen LogP contribution in [0.1, 0.15) is 26.2 Å². The van der Waals surface area contributed by atoms with E-state index in [1.807, 2.05) is 31.2 Å². The van der Waals surface area contributed by atoms with Crippen LogP contribution < -0.4 is 22.3 Å². The maximum absolute atomic E-state index is 12.4. The molecule has 2 aromatic heterocycles. The molecular weight excluding hydrogens is 390 g/mol. The van der Waals surface area contributed by atoms with E-state index in [0.29, 0.717) is 29.4 Å². The number of anilines is 2. The summed E-state index contributed by atoms with van der Waals surface area (Å²) in [7, 11) is 0. The molecular formula is C20H21N5O3S. The fourth-order valence-electron chi connectivity index (χ4n) is 3.12. The molecule has 0 aliphatic heterocycles. The first kappa shape index (κ1) is 19.1. The zero-order chi connectivity index (χ0) is 20.5. The van der Waals surface area contributed by atoms with E-state index in [2.05, 4.69) is 15.3 Å². The number of nitrogen functional groups attached to an aromatic ring is 1. The van der Waals surface area contributed by atoms with Crippen molar-refractivity contribution in [2.45, 2.75) is 32.7 Å². The number of aromatic nitrogens is 3. The van der Waals surface area contributed by atoms with Gasteiger partial charge in [0.05, 0.1) is 5.69 Å². The Morgan fingerprint density at radius 2 is 2.17 bits per heavy atom. The Kier molecular flexibility index (Phi) is 5.06. The summed E-state index contributed by atoms with van der Waals surface area (Å²) in [4.78, 5) is 43.3. The molecule has 9 heteroatoms. The number of benzene rings is 1. The van der Waals surface area contributed by atoms with Crippen LogP contribution in [0.15, 0.2) is 39.2 Å². The summed E-state index contributed by atoms with van der Waals surface area (Å²) < 4.78 is 1.35. The van der Waals surface area contributed by atoms with Crippen molar-refractivity contribution in [1.82, 2.24) is 14.5 Å². The van der Waals surface area contributed by atoms with Gasteiger partial charge in [0, 0.05) is 29.1 Å². The first-order valence-corrected chi connectivity index (χ1v) is 10.4. The predicted octanol–water partition coefficient (Wildman–Crippen LogP) is 2.67. The molecule has 2 heterocycles. The second-order valence-corrected chi connectivity index (χ2v) is 7.91. The van der Waals surface area contributed by atoms with Gasteiger partial charge < -0.3 is 11.1 Å². The molecule has 1 aliphatic rings. The number of nitrogens with one attached hydrogen (secondary N) is 2. The molecule has 3 aromatic rings. The molecule has 1 fully saturated rings. The highest BCUT2D eigenvalue weighted by Crippen LogP contribution is 2.32. The monoisotopic (exact) mass is 411 g/mol. The summed E-state index contributed by atoms with van der Waals surface area (Å²) in [6, 6.07) is 7.43. The molecule has 4 N–H and O–H groups in total. The van der Waals surface area contributed by atoms with E-state index in [1.54, 1.807) is 5.38 Å². The van der Waals surface area contributed by atoms with Crippen molar-refractivity contribution in [2.75, 3.05) is 11.1 Å². The van der Waals surface area contributed by atoms with Crippen molar-refractivity contribution in [1.29, 1.82) is 0 Å². The van der Waals surface area contributed by atoms with Gasteiger partial charge in [-0.3, -0.25) is 19.1 Å². The summed E-state index contributed by atoms with van der Waals surface area (Å²) in [5, 5.41) is 5.36. The minimum Gasteiger partial charge on any atom is -0.384 e. The molecule has 0 atom stereocenters. The lowest BCUT2D eigenvalue weighted by Crippen LogP contribution is -2.33. The lowest BCUT2D eigenvalue weighted by molar-refractivity contribution is -0.117. The lowest BCUT2D eigenvalue weighted by atomic mass is 10.2. The fraction of sp³-hybridized carbons (Fsp3) is 0.300. The molecule has 8 nitrogen and oxygen atoms in total. The van der Waals surface area contributed by atoms with Gasteiger partial charge in [-0.1, -0.05) is 19.1 Å². The molecule has 0 unspecified atom stereocenters. The third kappa shape index (κ3) is 3.86. The normalized spacial score (nSPS) is 13.4. The summed E-state index contributed by atoms with van der Waals surface area (Å²) in [5.74, 6) is 0.279. The third-order valence-electron chi connectivity index (χ3n) is 4.77. The number of nitrogens with zero attached hydrogens (tertiary/aromatic N) is 2. The molecule has 29 heavy (non-hydrogen) atoms.